The van der Waals surface area contributed by atoms with E-state index >= 15 is 0 Å². The Balaban J connectivity index is 2.61. The Morgan fingerprint density at radius 2 is 2.12 bits per heavy atom. The number of hydrogen-bond donors (Lipinski definition) is 2. The van der Waals surface area contributed by atoms with Crippen LogP contribution in [0, 0.1) is 12.3 Å². The zero-order chi connectivity index (χ0) is 11.7. The van der Waals surface area contributed by atoms with E-state index in [0.717, 1.165) is 0 Å². The molecule has 16 heavy (non-hydrogen) atoms. The van der Waals surface area contributed by atoms with Crippen molar-refractivity contribution in [3.05, 3.63) is 29.3 Å². The highest BCUT2D eigenvalue weighted by Crippen LogP contribution is 2.22. The third-order valence-electron chi connectivity index (χ3n) is 2.45. The zero-order valence-corrected chi connectivity index (χ0v) is 8.70. The number of carbonyl (C=O) groups is 2. The van der Waals surface area contributed by atoms with Crippen LogP contribution < -0.4 is 10.6 Å². The Bertz CT molecular complexity index is 514. The number of benzene rings is 1. The van der Waals surface area contributed by atoms with Crippen molar-refractivity contribution in [1.82, 2.24) is 5.32 Å². The minimum Gasteiger partial charge on any atom is -0.340 e. The summed E-state index contributed by atoms with van der Waals surface area (Å²) in [5, 5.41) is 5.24. The van der Waals surface area contributed by atoms with Crippen molar-refractivity contribution in [2.24, 2.45) is 0 Å². The molecule has 0 spiro atoms. The molecule has 4 heteroatoms. The van der Waals surface area contributed by atoms with Crippen molar-refractivity contribution in [3.63, 3.8) is 0 Å². The molecule has 0 bridgehead atoms. The van der Waals surface area contributed by atoms with E-state index in [1.165, 1.54) is 0 Å². The molecule has 2 N–H and O–H groups in total. The van der Waals surface area contributed by atoms with Crippen molar-refractivity contribution in [2.75, 3.05) is 5.32 Å². The van der Waals surface area contributed by atoms with Crippen molar-refractivity contribution in [2.45, 2.75) is 13.0 Å². The third-order valence-corrected chi connectivity index (χ3v) is 2.45. The molecule has 1 aromatic rings. The summed E-state index contributed by atoms with van der Waals surface area (Å²) in [7, 11) is 0. The van der Waals surface area contributed by atoms with E-state index in [9.17, 15) is 9.59 Å². The van der Waals surface area contributed by atoms with Gasteiger partial charge in [0.05, 0.1) is 11.3 Å². The topological polar surface area (TPSA) is 58.2 Å². The van der Waals surface area contributed by atoms with Crippen molar-refractivity contribution >= 4 is 17.5 Å². The maximum absolute atomic E-state index is 11.8. The van der Waals surface area contributed by atoms with Gasteiger partial charge in [-0.2, -0.15) is 0 Å². The first-order chi connectivity index (χ1) is 7.63. The summed E-state index contributed by atoms with van der Waals surface area (Å²) in [6.07, 6.45) is 5.32. The fourth-order valence-corrected chi connectivity index (χ4v) is 1.57. The zero-order valence-electron chi connectivity index (χ0n) is 8.70. The van der Waals surface area contributed by atoms with Gasteiger partial charge in [0.25, 0.3) is 5.91 Å². The minimum atomic E-state index is -0.564. The lowest BCUT2D eigenvalue weighted by molar-refractivity contribution is -0.117. The van der Waals surface area contributed by atoms with E-state index in [4.69, 9.17) is 6.42 Å². The fraction of sp³-hybridized carbons (Fsp3) is 0.167. The van der Waals surface area contributed by atoms with Gasteiger partial charge in [0.1, 0.15) is 6.04 Å². The van der Waals surface area contributed by atoms with Gasteiger partial charge in [0.15, 0.2) is 0 Å². The highest BCUT2D eigenvalue weighted by molar-refractivity contribution is 6.10. The molecule has 1 unspecified atom stereocenters. The highest BCUT2D eigenvalue weighted by atomic mass is 16.2. The SMILES string of the molecule is C#Cc1cccc2c1NC(=O)C(C)NC2=O. The summed E-state index contributed by atoms with van der Waals surface area (Å²) >= 11 is 0. The van der Waals surface area contributed by atoms with E-state index < -0.39 is 6.04 Å². The predicted molar refractivity (Wildman–Crippen MR) is 59.9 cm³/mol. The highest BCUT2D eigenvalue weighted by Gasteiger charge is 2.25. The number of rotatable bonds is 0. The van der Waals surface area contributed by atoms with Gasteiger partial charge in [-0.1, -0.05) is 12.0 Å². The van der Waals surface area contributed by atoms with E-state index in [1.807, 2.05) is 0 Å². The summed E-state index contributed by atoms with van der Waals surface area (Å²) in [5.74, 6) is 1.88. The van der Waals surface area contributed by atoms with Crippen LogP contribution in [0.1, 0.15) is 22.8 Å². The number of carbonyl (C=O) groups excluding carboxylic acids is 2. The number of nitrogens with one attached hydrogen (secondary N) is 2. The molecule has 1 aliphatic heterocycles. The molecule has 1 heterocycles. The van der Waals surface area contributed by atoms with Gasteiger partial charge in [-0.3, -0.25) is 9.59 Å². The molecular weight excluding hydrogens is 204 g/mol. The van der Waals surface area contributed by atoms with Gasteiger partial charge in [0.2, 0.25) is 5.91 Å². The van der Waals surface area contributed by atoms with Crippen molar-refractivity contribution in [1.29, 1.82) is 0 Å². The van der Waals surface area contributed by atoms with Crippen LogP contribution in [0.5, 0.6) is 0 Å². The number of para-hydroxylation sites is 1. The van der Waals surface area contributed by atoms with Crippen LogP contribution in [0.15, 0.2) is 18.2 Å². The van der Waals surface area contributed by atoms with Crippen molar-refractivity contribution < 1.29 is 9.59 Å². The molecule has 0 saturated heterocycles. The Hall–Kier alpha value is -2.28. The van der Waals surface area contributed by atoms with E-state index in [1.54, 1.807) is 25.1 Å². The Labute approximate surface area is 93.0 Å². The molecule has 2 amide bonds. The van der Waals surface area contributed by atoms with E-state index in [0.29, 0.717) is 16.8 Å². The standard InChI is InChI=1S/C12H10N2O2/c1-3-8-5-4-6-9-10(8)14-11(15)7(2)13-12(9)16/h1,4-7H,2H3,(H,13,16)(H,14,15). The number of terminal acetylenes is 1. The number of hydrogen-bond acceptors (Lipinski definition) is 2. The number of anilines is 1. The molecule has 2 rings (SSSR count). The first kappa shape index (κ1) is 10.2. The molecule has 1 atom stereocenters. The van der Waals surface area contributed by atoms with Crippen molar-refractivity contribution in [3.8, 4) is 12.3 Å². The smallest absolute Gasteiger partial charge is 0.254 e. The van der Waals surface area contributed by atoms with Crippen LogP contribution in [0.3, 0.4) is 0 Å². The minimum absolute atomic E-state index is 0.269. The second-order valence-electron chi connectivity index (χ2n) is 3.56. The summed E-state index contributed by atoms with van der Waals surface area (Å²) < 4.78 is 0. The number of fused-ring (bicyclic) bond motifs is 1. The first-order valence-electron chi connectivity index (χ1n) is 4.85. The summed E-state index contributed by atoms with van der Waals surface area (Å²) in [5.41, 5.74) is 1.32. The maximum Gasteiger partial charge on any atom is 0.254 e. The van der Waals surface area contributed by atoms with Gasteiger partial charge in [-0.25, -0.2) is 0 Å². The average Bonchev–Trinajstić information content (AvgIpc) is 2.38. The van der Waals surface area contributed by atoms with Crippen LogP contribution >= 0.6 is 0 Å². The lowest BCUT2D eigenvalue weighted by atomic mass is 10.1. The van der Waals surface area contributed by atoms with Gasteiger partial charge in [-0.15, -0.1) is 6.42 Å². The molecule has 1 aliphatic rings. The largest absolute Gasteiger partial charge is 0.340 e. The first-order valence-corrected chi connectivity index (χ1v) is 4.85. The Morgan fingerprint density at radius 3 is 2.81 bits per heavy atom. The lowest BCUT2D eigenvalue weighted by Gasteiger charge is -2.07. The van der Waals surface area contributed by atoms with Gasteiger partial charge < -0.3 is 10.6 Å². The predicted octanol–water partition coefficient (Wildman–Crippen LogP) is 0.738. The van der Waals surface area contributed by atoms with E-state index in [2.05, 4.69) is 16.6 Å². The molecule has 80 valence electrons. The van der Waals surface area contributed by atoms with Gasteiger partial charge in [-0.05, 0) is 19.1 Å². The van der Waals surface area contributed by atoms with Crippen LogP contribution in [0.4, 0.5) is 5.69 Å². The van der Waals surface area contributed by atoms with Crippen LogP contribution in [-0.2, 0) is 4.79 Å². The average molecular weight is 214 g/mol. The van der Waals surface area contributed by atoms with Gasteiger partial charge in [0, 0.05) is 5.56 Å². The molecule has 4 nitrogen and oxygen atoms in total. The third kappa shape index (κ3) is 1.52. The summed E-state index contributed by atoms with van der Waals surface area (Å²) in [4.78, 5) is 23.4. The van der Waals surface area contributed by atoms with Crippen LogP contribution in [0.2, 0.25) is 0 Å². The molecular formula is C12H10N2O2. The molecule has 0 fully saturated rings. The van der Waals surface area contributed by atoms with Gasteiger partial charge >= 0.3 is 0 Å². The second kappa shape index (κ2) is 3.70. The Kier molecular flexibility index (Phi) is 2.37. The number of amides is 2. The molecule has 0 aliphatic carbocycles. The van der Waals surface area contributed by atoms with E-state index in [-0.39, 0.29) is 11.8 Å². The maximum atomic E-state index is 11.8. The molecule has 1 aromatic carbocycles. The summed E-state index contributed by atoms with van der Waals surface area (Å²) in [6.45, 7) is 1.62. The normalized spacial score (nSPS) is 18.9. The fourth-order valence-electron chi connectivity index (χ4n) is 1.57. The lowest BCUT2D eigenvalue weighted by Crippen LogP contribution is -2.38. The quantitative estimate of drug-likeness (QED) is 0.626. The van der Waals surface area contributed by atoms with Crippen LogP contribution in [-0.4, -0.2) is 17.9 Å². The molecule has 0 aromatic heterocycles. The Morgan fingerprint density at radius 1 is 1.38 bits per heavy atom. The second-order valence-corrected chi connectivity index (χ2v) is 3.56. The molecule has 0 saturated carbocycles. The monoisotopic (exact) mass is 214 g/mol. The van der Waals surface area contributed by atoms with Crippen LogP contribution in [0.25, 0.3) is 0 Å². The molecule has 0 radical (unpaired) electrons. The summed E-state index contributed by atoms with van der Waals surface area (Å²) in [6, 6.07) is 4.44.